The van der Waals surface area contributed by atoms with Crippen molar-refractivity contribution in [2.24, 2.45) is 5.92 Å². The maximum Gasteiger partial charge on any atom is 0.323 e. The molecule has 0 bridgehead atoms. The summed E-state index contributed by atoms with van der Waals surface area (Å²) in [6.45, 7) is 4.23. The Labute approximate surface area is 99.1 Å². The molecule has 0 heterocycles. The average molecular weight is 227 g/mol. The van der Waals surface area contributed by atoms with Crippen LogP contribution in [-0.4, -0.2) is 37.1 Å². The van der Waals surface area contributed by atoms with Crippen molar-refractivity contribution in [3.8, 4) is 0 Å². The average Bonchev–Trinajstić information content (AvgIpc) is 2.69. The highest BCUT2D eigenvalue weighted by Crippen LogP contribution is 2.23. The summed E-state index contributed by atoms with van der Waals surface area (Å²) in [4.78, 5) is 14.1. The Morgan fingerprint density at radius 2 is 1.94 bits per heavy atom. The van der Waals surface area contributed by atoms with E-state index >= 15 is 0 Å². The molecule has 0 aromatic rings. The van der Waals surface area contributed by atoms with Gasteiger partial charge in [-0.25, -0.2) is 0 Å². The van der Waals surface area contributed by atoms with Crippen molar-refractivity contribution in [3.05, 3.63) is 0 Å². The van der Waals surface area contributed by atoms with E-state index in [2.05, 4.69) is 13.8 Å². The van der Waals surface area contributed by atoms with Crippen LogP contribution in [0.4, 0.5) is 0 Å². The second kappa shape index (κ2) is 6.24. The number of ether oxygens (including phenoxy) is 1. The molecule has 3 nitrogen and oxygen atoms in total. The van der Waals surface area contributed by atoms with Crippen molar-refractivity contribution in [1.82, 2.24) is 4.90 Å². The Balaban J connectivity index is 2.52. The third-order valence-corrected chi connectivity index (χ3v) is 3.57. The third kappa shape index (κ3) is 3.48. The van der Waals surface area contributed by atoms with E-state index < -0.39 is 0 Å². The zero-order valence-electron chi connectivity index (χ0n) is 11.0. The first-order valence-corrected chi connectivity index (χ1v) is 6.43. The lowest BCUT2D eigenvalue weighted by atomic mass is 9.98. The van der Waals surface area contributed by atoms with E-state index in [0.717, 1.165) is 19.3 Å². The van der Waals surface area contributed by atoms with Gasteiger partial charge in [0.05, 0.1) is 0 Å². The topological polar surface area (TPSA) is 29.5 Å². The molecule has 1 rings (SSSR count). The first-order valence-electron chi connectivity index (χ1n) is 6.43. The van der Waals surface area contributed by atoms with Crippen molar-refractivity contribution in [1.29, 1.82) is 0 Å². The highest BCUT2D eigenvalue weighted by Gasteiger charge is 2.30. The lowest BCUT2D eigenvalue weighted by molar-refractivity contribution is -0.156. The minimum absolute atomic E-state index is 0.0359. The van der Waals surface area contributed by atoms with E-state index in [1.54, 1.807) is 0 Å². The van der Waals surface area contributed by atoms with E-state index in [1.165, 1.54) is 12.8 Å². The predicted octanol–water partition coefficient (Wildman–Crippen LogP) is 2.45. The molecule has 3 heteroatoms. The molecule has 1 aliphatic rings. The predicted molar refractivity (Wildman–Crippen MR) is 65.3 cm³/mol. The van der Waals surface area contributed by atoms with Gasteiger partial charge in [-0.3, -0.25) is 9.69 Å². The van der Waals surface area contributed by atoms with E-state index in [0.29, 0.717) is 5.92 Å². The van der Waals surface area contributed by atoms with E-state index in [1.807, 2.05) is 19.0 Å². The largest absolute Gasteiger partial charge is 0.461 e. The quantitative estimate of drug-likeness (QED) is 0.676. The standard InChI is InChI=1S/C13H25NO2/c1-5-10(2)12(14(3)4)13(15)16-11-8-6-7-9-11/h10-12H,5-9H2,1-4H3. The minimum Gasteiger partial charge on any atom is -0.461 e. The highest BCUT2D eigenvalue weighted by molar-refractivity contribution is 5.76. The van der Waals surface area contributed by atoms with Gasteiger partial charge in [0.25, 0.3) is 0 Å². The van der Waals surface area contributed by atoms with Gasteiger partial charge in [-0.15, -0.1) is 0 Å². The Morgan fingerprint density at radius 3 is 2.38 bits per heavy atom. The van der Waals surface area contributed by atoms with Gasteiger partial charge in [-0.1, -0.05) is 20.3 Å². The molecule has 0 aliphatic heterocycles. The van der Waals surface area contributed by atoms with Crippen molar-refractivity contribution in [3.63, 3.8) is 0 Å². The lowest BCUT2D eigenvalue weighted by Gasteiger charge is -2.28. The summed E-state index contributed by atoms with van der Waals surface area (Å²) in [7, 11) is 3.90. The van der Waals surface area contributed by atoms with Crippen molar-refractivity contribution in [2.45, 2.75) is 58.1 Å². The highest BCUT2D eigenvalue weighted by atomic mass is 16.5. The molecular weight excluding hydrogens is 202 g/mol. The number of esters is 1. The van der Waals surface area contributed by atoms with Crippen molar-refractivity contribution in [2.75, 3.05) is 14.1 Å². The number of nitrogens with zero attached hydrogens (tertiary/aromatic N) is 1. The second-order valence-electron chi connectivity index (χ2n) is 5.14. The zero-order valence-corrected chi connectivity index (χ0v) is 11.0. The lowest BCUT2D eigenvalue weighted by Crippen LogP contribution is -2.43. The number of hydrogen-bond acceptors (Lipinski definition) is 3. The molecule has 2 unspecified atom stereocenters. The van der Waals surface area contributed by atoms with Gasteiger partial charge in [0.1, 0.15) is 12.1 Å². The minimum atomic E-state index is -0.0920. The molecule has 1 saturated carbocycles. The van der Waals surface area contributed by atoms with Gasteiger partial charge in [0, 0.05) is 0 Å². The van der Waals surface area contributed by atoms with Crippen LogP contribution in [0.3, 0.4) is 0 Å². The van der Waals surface area contributed by atoms with Crippen LogP contribution >= 0.6 is 0 Å². The maximum absolute atomic E-state index is 12.1. The third-order valence-electron chi connectivity index (χ3n) is 3.57. The number of hydrogen-bond donors (Lipinski definition) is 0. The molecule has 0 spiro atoms. The van der Waals surface area contributed by atoms with Crippen LogP contribution in [0.2, 0.25) is 0 Å². The summed E-state index contributed by atoms with van der Waals surface area (Å²) in [6.07, 6.45) is 5.68. The van der Waals surface area contributed by atoms with E-state index in [-0.39, 0.29) is 18.1 Å². The first kappa shape index (κ1) is 13.5. The Morgan fingerprint density at radius 1 is 1.38 bits per heavy atom. The maximum atomic E-state index is 12.1. The van der Waals surface area contributed by atoms with Crippen LogP contribution in [0.1, 0.15) is 46.0 Å². The number of rotatable bonds is 5. The normalized spacial score (nSPS) is 21.1. The van der Waals surface area contributed by atoms with E-state index in [4.69, 9.17) is 4.74 Å². The van der Waals surface area contributed by atoms with Crippen LogP contribution < -0.4 is 0 Å². The van der Waals surface area contributed by atoms with Crippen LogP contribution in [0.25, 0.3) is 0 Å². The molecule has 1 aliphatic carbocycles. The molecule has 2 atom stereocenters. The van der Waals surface area contributed by atoms with Crippen LogP contribution in [0.5, 0.6) is 0 Å². The van der Waals surface area contributed by atoms with Gasteiger partial charge >= 0.3 is 5.97 Å². The Bertz CT molecular complexity index is 222. The SMILES string of the molecule is CCC(C)C(C(=O)OC1CCCC1)N(C)C. The molecular formula is C13H25NO2. The fourth-order valence-electron chi connectivity index (χ4n) is 2.42. The zero-order chi connectivity index (χ0) is 12.1. The molecule has 0 N–H and O–H groups in total. The first-order chi connectivity index (χ1) is 7.56. The Hall–Kier alpha value is -0.570. The molecule has 0 aromatic carbocycles. The van der Waals surface area contributed by atoms with Gasteiger partial charge in [-0.05, 0) is 45.7 Å². The van der Waals surface area contributed by atoms with Crippen LogP contribution in [0.15, 0.2) is 0 Å². The molecule has 0 saturated heterocycles. The summed E-state index contributed by atoms with van der Waals surface area (Å²) in [6, 6.07) is -0.0920. The fraction of sp³-hybridized carbons (Fsp3) is 0.923. The molecule has 1 fully saturated rings. The number of likely N-dealkylation sites (N-methyl/N-ethyl adjacent to an activating group) is 1. The summed E-state index contributed by atoms with van der Waals surface area (Å²) < 4.78 is 5.58. The monoisotopic (exact) mass is 227 g/mol. The number of carbonyl (C=O) groups excluding carboxylic acids is 1. The van der Waals surface area contributed by atoms with Crippen molar-refractivity contribution >= 4 is 5.97 Å². The van der Waals surface area contributed by atoms with E-state index in [9.17, 15) is 4.79 Å². The van der Waals surface area contributed by atoms with Crippen molar-refractivity contribution < 1.29 is 9.53 Å². The molecule has 0 amide bonds. The molecule has 0 aromatic heterocycles. The second-order valence-corrected chi connectivity index (χ2v) is 5.14. The smallest absolute Gasteiger partial charge is 0.323 e. The summed E-state index contributed by atoms with van der Waals surface area (Å²) in [5, 5.41) is 0. The van der Waals surface area contributed by atoms with Gasteiger partial charge in [-0.2, -0.15) is 0 Å². The summed E-state index contributed by atoms with van der Waals surface area (Å²) in [5.41, 5.74) is 0. The van der Waals surface area contributed by atoms with Gasteiger partial charge in [0.15, 0.2) is 0 Å². The number of carbonyl (C=O) groups is 1. The van der Waals surface area contributed by atoms with Crippen LogP contribution in [0, 0.1) is 5.92 Å². The fourth-order valence-corrected chi connectivity index (χ4v) is 2.42. The van der Waals surface area contributed by atoms with Gasteiger partial charge < -0.3 is 4.74 Å². The molecule has 94 valence electrons. The van der Waals surface area contributed by atoms with Gasteiger partial charge in [0.2, 0.25) is 0 Å². The Kier molecular flexibility index (Phi) is 5.26. The summed E-state index contributed by atoms with van der Waals surface area (Å²) in [5.74, 6) is 0.315. The summed E-state index contributed by atoms with van der Waals surface area (Å²) >= 11 is 0. The molecule has 0 radical (unpaired) electrons. The van der Waals surface area contributed by atoms with Crippen LogP contribution in [-0.2, 0) is 9.53 Å². The molecule has 16 heavy (non-hydrogen) atoms.